The first kappa shape index (κ1) is 20.9. The van der Waals surface area contributed by atoms with Gasteiger partial charge in [0, 0.05) is 29.8 Å². The van der Waals surface area contributed by atoms with Gasteiger partial charge in [0.15, 0.2) is 11.5 Å². The van der Waals surface area contributed by atoms with E-state index in [9.17, 15) is 9.90 Å². The Bertz CT molecular complexity index is 555. The van der Waals surface area contributed by atoms with Crippen molar-refractivity contribution < 1.29 is 14.6 Å². The van der Waals surface area contributed by atoms with Crippen molar-refractivity contribution in [2.75, 3.05) is 26.5 Å². The van der Waals surface area contributed by atoms with Crippen molar-refractivity contribution in [2.24, 2.45) is 0 Å². The summed E-state index contributed by atoms with van der Waals surface area (Å²) in [6.45, 7) is 12.3. The fourth-order valence-electron chi connectivity index (χ4n) is 1.69. The molecule has 23 heavy (non-hydrogen) atoms. The molecule has 4 nitrogen and oxygen atoms in total. The average molecular weight is 335 g/mol. The maximum absolute atomic E-state index is 12.3. The number of rotatable bonds is 7. The Kier molecular flexibility index (Phi) is 10.4. The standard InChI is InChI=1S/C16H21NO3S.C2H4/c1-5-13(6-2)21-10-9-17(3)16(19)12-7-8-14(18)15(11-12)20-4;1-2/h5-8,11,18H,1,9-10H2,2-4H3;1-2H2/b13-6+;. The zero-order valence-electron chi connectivity index (χ0n) is 14.0. The van der Waals surface area contributed by atoms with Crippen LogP contribution in [0.25, 0.3) is 0 Å². The van der Waals surface area contributed by atoms with Gasteiger partial charge in [-0.2, -0.15) is 0 Å². The van der Waals surface area contributed by atoms with Gasteiger partial charge in [0.1, 0.15) is 0 Å². The van der Waals surface area contributed by atoms with E-state index in [0.29, 0.717) is 17.9 Å². The van der Waals surface area contributed by atoms with E-state index in [4.69, 9.17) is 4.74 Å². The molecule has 1 amide bonds. The van der Waals surface area contributed by atoms with Gasteiger partial charge >= 0.3 is 0 Å². The number of phenolic OH excluding ortho intramolecular Hbond substituents is 1. The summed E-state index contributed by atoms with van der Waals surface area (Å²) in [7, 11) is 3.21. The van der Waals surface area contributed by atoms with E-state index in [1.165, 1.54) is 13.2 Å². The Morgan fingerprint density at radius 3 is 2.61 bits per heavy atom. The number of carbonyl (C=O) groups excluding carboxylic acids is 1. The summed E-state index contributed by atoms with van der Waals surface area (Å²) < 4.78 is 5.01. The minimum Gasteiger partial charge on any atom is -0.504 e. The molecule has 0 spiro atoms. The molecule has 0 aliphatic carbocycles. The van der Waals surface area contributed by atoms with Crippen LogP contribution >= 0.6 is 11.8 Å². The van der Waals surface area contributed by atoms with E-state index in [2.05, 4.69) is 19.7 Å². The van der Waals surface area contributed by atoms with Gasteiger partial charge in [-0.3, -0.25) is 4.79 Å². The Morgan fingerprint density at radius 2 is 2.09 bits per heavy atom. The summed E-state index contributed by atoms with van der Waals surface area (Å²) in [5, 5.41) is 9.54. The van der Waals surface area contributed by atoms with E-state index in [0.717, 1.165) is 10.7 Å². The number of ether oxygens (including phenoxy) is 1. The molecule has 1 rings (SSSR count). The quantitative estimate of drug-likeness (QED) is 0.602. The number of aromatic hydroxyl groups is 1. The number of allylic oxidation sites excluding steroid dienone is 2. The second kappa shape index (κ2) is 11.4. The normalized spacial score (nSPS) is 10.3. The van der Waals surface area contributed by atoms with Crippen molar-refractivity contribution >= 4 is 17.7 Å². The van der Waals surface area contributed by atoms with Crippen LogP contribution in [0.3, 0.4) is 0 Å². The van der Waals surface area contributed by atoms with Gasteiger partial charge < -0.3 is 14.7 Å². The minimum absolute atomic E-state index is 0.0240. The fraction of sp³-hybridized carbons (Fsp3) is 0.278. The third-order valence-electron chi connectivity index (χ3n) is 2.95. The van der Waals surface area contributed by atoms with Gasteiger partial charge in [0.05, 0.1) is 7.11 Å². The predicted octanol–water partition coefficient (Wildman–Crippen LogP) is 4.10. The van der Waals surface area contributed by atoms with Crippen molar-refractivity contribution in [3.8, 4) is 11.5 Å². The molecule has 0 saturated carbocycles. The lowest BCUT2D eigenvalue weighted by molar-refractivity contribution is 0.0803. The number of carbonyl (C=O) groups is 1. The van der Waals surface area contributed by atoms with Crippen molar-refractivity contribution in [3.05, 3.63) is 60.6 Å². The van der Waals surface area contributed by atoms with Crippen LogP contribution in [0, 0.1) is 0 Å². The smallest absolute Gasteiger partial charge is 0.253 e. The van der Waals surface area contributed by atoms with Gasteiger partial charge in [-0.15, -0.1) is 24.9 Å². The molecule has 1 aromatic rings. The fourth-order valence-corrected chi connectivity index (χ4v) is 2.58. The molecule has 1 aromatic carbocycles. The largest absolute Gasteiger partial charge is 0.504 e. The summed E-state index contributed by atoms with van der Waals surface area (Å²) in [4.78, 5) is 15.0. The summed E-state index contributed by atoms with van der Waals surface area (Å²) in [5.74, 6) is 1.01. The molecule has 0 fully saturated rings. The molecule has 0 bridgehead atoms. The molecule has 1 N–H and O–H groups in total. The highest BCUT2D eigenvalue weighted by Gasteiger charge is 2.14. The second-order valence-corrected chi connectivity index (χ2v) is 5.53. The zero-order chi connectivity index (χ0) is 17.8. The number of amides is 1. The third-order valence-corrected chi connectivity index (χ3v) is 4.08. The lowest BCUT2D eigenvalue weighted by Crippen LogP contribution is -2.28. The van der Waals surface area contributed by atoms with Gasteiger partial charge in [-0.1, -0.05) is 18.7 Å². The molecule has 126 valence electrons. The SMILES string of the molecule is C=C.C=C/C(=C\C)SCCN(C)C(=O)c1ccc(O)c(OC)c1. The third kappa shape index (κ3) is 6.65. The van der Waals surface area contributed by atoms with Crippen molar-refractivity contribution in [3.63, 3.8) is 0 Å². The van der Waals surface area contributed by atoms with Gasteiger partial charge in [-0.05, 0) is 25.1 Å². The van der Waals surface area contributed by atoms with Crippen LogP contribution in [0.4, 0.5) is 0 Å². The first-order valence-corrected chi connectivity index (χ1v) is 8.06. The number of nitrogens with zero attached hydrogens (tertiary/aromatic N) is 1. The molecule has 0 atom stereocenters. The molecule has 0 unspecified atom stereocenters. The lowest BCUT2D eigenvalue weighted by Gasteiger charge is -2.17. The first-order valence-electron chi connectivity index (χ1n) is 7.07. The number of phenols is 1. The Balaban J connectivity index is 0.00000232. The second-order valence-electron chi connectivity index (χ2n) is 4.36. The number of methoxy groups -OCH3 is 1. The van der Waals surface area contributed by atoms with Crippen LogP contribution < -0.4 is 4.74 Å². The lowest BCUT2D eigenvalue weighted by atomic mass is 10.2. The summed E-state index contributed by atoms with van der Waals surface area (Å²) in [6, 6.07) is 4.59. The van der Waals surface area contributed by atoms with E-state index in [-0.39, 0.29) is 11.7 Å². The summed E-state index contributed by atoms with van der Waals surface area (Å²) >= 11 is 1.66. The minimum atomic E-state index is -0.102. The monoisotopic (exact) mass is 335 g/mol. The highest BCUT2D eigenvalue weighted by Crippen LogP contribution is 2.26. The van der Waals surface area contributed by atoms with E-state index < -0.39 is 0 Å². The van der Waals surface area contributed by atoms with Crippen LogP contribution in [0.5, 0.6) is 11.5 Å². The Labute approximate surface area is 143 Å². The highest BCUT2D eigenvalue weighted by molar-refractivity contribution is 8.03. The van der Waals surface area contributed by atoms with E-state index in [1.54, 1.807) is 41.9 Å². The molecule has 5 heteroatoms. The topological polar surface area (TPSA) is 49.8 Å². The van der Waals surface area contributed by atoms with Gasteiger partial charge in [0.2, 0.25) is 0 Å². The van der Waals surface area contributed by atoms with Crippen molar-refractivity contribution in [1.82, 2.24) is 4.90 Å². The van der Waals surface area contributed by atoms with Crippen LogP contribution in [0.15, 0.2) is 55.0 Å². The Hall–Kier alpha value is -2.14. The number of hydrogen-bond acceptors (Lipinski definition) is 4. The summed E-state index contributed by atoms with van der Waals surface area (Å²) in [6.07, 6.45) is 3.79. The molecular formula is C18H25NO3S. The van der Waals surface area contributed by atoms with Crippen LogP contribution in [0.1, 0.15) is 17.3 Å². The molecule has 0 saturated heterocycles. The number of benzene rings is 1. The average Bonchev–Trinajstić information content (AvgIpc) is 2.60. The number of thioether (sulfide) groups is 1. The van der Waals surface area contributed by atoms with Gasteiger partial charge in [0.25, 0.3) is 5.91 Å². The first-order chi connectivity index (χ1) is 11.0. The molecule has 0 aliphatic rings. The maximum atomic E-state index is 12.3. The summed E-state index contributed by atoms with van der Waals surface area (Å²) in [5.41, 5.74) is 0.493. The maximum Gasteiger partial charge on any atom is 0.253 e. The van der Waals surface area contributed by atoms with E-state index >= 15 is 0 Å². The van der Waals surface area contributed by atoms with Crippen molar-refractivity contribution in [2.45, 2.75) is 6.92 Å². The molecule has 0 aliphatic heterocycles. The molecular weight excluding hydrogens is 310 g/mol. The van der Waals surface area contributed by atoms with Crippen LogP contribution in [0.2, 0.25) is 0 Å². The molecule has 0 aromatic heterocycles. The zero-order valence-corrected chi connectivity index (χ0v) is 14.9. The van der Waals surface area contributed by atoms with Crippen LogP contribution in [-0.4, -0.2) is 42.4 Å². The van der Waals surface area contributed by atoms with Gasteiger partial charge in [-0.25, -0.2) is 0 Å². The molecule has 0 radical (unpaired) electrons. The Morgan fingerprint density at radius 1 is 1.43 bits per heavy atom. The number of hydrogen-bond donors (Lipinski definition) is 1. The highest BCUT2D eigenvalue weighted by atomic mass is 32.2. The van der Waals surface area contributed by atoms with Crippen LogP contribution in [-0.2, 0) is 0 Å². The molecule has 0 heterocycles. The van der Waals surface area contributed by atoms with Crippen molar-refractivity contribution in [1.29, 1.82) is 0 Å². The predicted molar refractivity (Wildman–Crippen MR) is 99.3 cm³/mol. The van der Waals surface area contributed by atoms with E-state index in [1.807, 2.05) is 13.0 Å².